The molecule has 8 heteroatoms. The maximum Gasteiger partial charge on any atom is 0.271 e. The lowest BCUT2D eigenvalue weighted by Gasteiger charge is -2.19. The average molecular weight is 429 g/mol. The highest BCUT2D eigenvalue weighted by Crippen LogP contribution is 2.36. The number of benzene rings is 2. The summed E-state index contributed by atoms with van der Waals surface area (Å²) >= 11 is 1.54. The highest BCUT2D eigenvalue weighted by atomic mass is 32.2. The summed E-state index contributed by atoms with van der Waals surface area (Å²) in [6.45, 7) is 0.990. The Kier molecular flexibility index (Phi) is 6.03. The van der Waals surface area contributed by atoms with Crippen molar-refractivity contribution in [1.29, 1.82) is 0 Å². The molecule has 0 spiro atoms. The number of carbonyl (C=O) groups excluding carboxylic acids is 1. The fourth-order valence-electron chi connectivity index (χ4n) is 3.52. The molecule has 5 nitrogen and oxygen atoms in total. The predicted molar refractivity (Wildman–Crippen MR) is 113 cm³/mol. The number of aromatic nitrogens is 2. The van der Waals surface area contributed by atoms with Crippen LogP contribution in [-0.4, -0.2) is 47.0 Å². The molecule has 0 aliphatic carbocycles. The fraction of sp³-hybridized carbons (Fsp3) is 0.273. The van der Waals surface area contributed by atoms with E-state index < -0.39 is 11.6 Å². The molecule has 2 heterocycles. The molecule has 0 saturated carbocycles. The van der Waals surface area contributed by atoms with E-state index in [2.05, 4.69) is 10.2 Å². The minimum absolute atomic E-state index is 0.155. The second-order valence-electron chi connectivity index (χ2n) is 7.00. The lowest BCUT2D eigenvalue weighted by molar-refractivity contribution is 0.0760. The van der Waals surface area contributed by atoms with Crippen LogP contribution in [0, 0.1) is 11.6 Å². The van der Waals surface area contributed by atoms with Crippen LogP contribution in [0.1, 0.15) is 27.7 Å². The van der Waals surface area contributed by atoms with Gasteiger partial charge in [-0.05, 0) is 42.8 Å². The van der Waals surface area contributed by atoms with Gasteiger partial charge in [-0.3, -0.25) is 9.89 Å². The number of hydrogen-bond acceptors (Lipinski definition) is 4. The first kappa shape index (κ1) is 20.4. The Hall–Kier alpha value is -2.87. The van der Waals surface area contributed by atoms with Crippen LogP contribution >= 0.6 is 11.8 Å². The van der Waals surface area contributed by atoms with Crippen molar-refractivity contribution in [3.63, 3.8) is 0 Å². The van der Waals surface area contributed by atoms with Crippen molar-refractivity contribution in [3.05, 3.63) is 71.4 Å². The fourth-order valence-corrected chi connectivity index (χ4v) is 4.76. The van der Waals surface area contributed by atoms with Gasteiger partial charge in [0.2, 0.25) is 0 Å². The number of nitrogens with one attached hydrogen (secondary N) is 1. The number of thioether (sulfide) groups is 1. The van der Waals surface area contributed by atoms with E-state index in [1.165, 1.54) is 6.07 Å². The smallest absolute Gasteiger partial charge is 0.271 e. The van der Waals surface area contributed by atoms with Gasteiger partial charge in [0.15, 0.2) is 0 Å². The van der Waals surface area contributed by atoms with Gasteiger partial charge < -0.3 is 9.64 Å². The van der Waals surface area contributed by atoms with Crippen LogP contribution < -0.4 is 4.74 Å². The standard InChI is InChI=1S/C22H21F2N3O2S/c1-29-16-4-2-3-14(11-16)19-13-20(26-25-19)22(28)27-8-7-21(30-10-9-27)17-12-15(23)5-6-18(17)24/h2-6,11-13,21H,7-10H2,1H3,(H,25,26). The van der Waals surface area contributed by atoms with Crippen molar-refractivity contribution in [2.24, 2.45) is 0 Å². The van der Waals surface area contributed by atoms with E-state index in [9.17, 15) is 13.6 Å². The summed E-state index contributed by atoms with van der Waals surface area (Å²) in [6, 6.07) is 12.7. The first-order chi connectivity index (χ1) is 14.5. The Morgan fingerprint density at radius 1 is 1.20 bits per heavy atom. The van der Waals surface area contributed by atoms with Crippen LogP contribution in [0.25, 0.3) is 11.3 Å². The molecule has 1 aliphatic heterocycles. The Morgan fingerprint density at radius 3 is 2.90 bits per heavy atom. The average Bonchev–Trinajstić information content (AvgIpc) is 3.13. The summed E-state index contributed by atoms with van der Waals surface area (Å²) in [6.07, 6.45) is 0.549. The maximum atomic E-state index is 14.1. The molecule has 1 aliphatic rings. The molecule has 2 aromatic carbocycles. The Morgan fingerprint density at radius 2 is 2.07 bits per heavy atom. The molecule has 1 fully saturated rings. The van der Waals surface area contributed by atoms with E-state index in [1.54, 1.807) is 29.8 Å². The Balaban J connectivity index is 1.47. The highest BCUT2D eigenvalue weighted by Gasteiger charge is 2.26. The summed E-state index contributed by atoms with van der Waals surface area (Å²) in [4.78, 5) is 14.7. The molecule has 1 N–H and O–H groups in total. The normalized spacial score (nSPS) is 16.9. The zero-order chi connectivity index (χ0) is 21.1. The molecule has 1 unspecified atom stereocenters. The van der Waals surface area contributed by atoms with E-state index in [4.69, 9.17) is 4.74 Å². The summed E-state index contributed by atoms with van der Waals surface area (Å²) < 4.78 is 32.9. The van der Waals surface area contributed by atoms with Crippen molar-refractivity contribution in [3.8, 4) is 17.0 Å². The molecule has 156 valence electrons. The maximum absolute atomic E-state index is 14.1. The van der Waals surface area contributed by atoms with Gasteiger partial charge in [0, 0.05) is 35.2 Å². The Bertz CT molecular complexity index is 1060. The monoisotopic (exact) mass is 429 g/mol. The minimum Gasteiger partial charge on any atom is -0.497 e. The summed E-state index contributed by atoms with van der Waals surface area (Å²) in [5, 5.41) is 6.89. The number of hydrogen-bond donors (Lipinski definition) is 1. The zero-order valence-electron chi connectivity index (χ0n) is 16.4. The van der Waals surface area contributed by atoms with Crippen molar-refractivity contribution in [2.75, 3.05) is 26.0 Å². The second kappa shape index (κ2) is 8.87. The molecule has 1 saturated heterocycles. The van der Waals surface area contributed by atoms with E-state index in [0.717, 1.165) is 17.7 Å². The quantitative estimate of drug-likeness (QED) is 0.654. The van der Waals surface area contributed by atoms with Gasteiger partial charge >= 0.3 is 0 Å². The van der Waals surface area contributed by atoms with Crippen LogP contribution in [0.5, 0.6) is 5.75 Å². The van der Waals surface area contributed by atoms with Crippen LogP contribution in [-0.2, 0) is 0 Å². The predicted octanol–water partition coefficient (Wildman–Crippen LogP) is 4.68. The second-order valence-corrected chi connectivity index (χ2v) is 8.32. The van der Waals surface area contributed by atoms with Gasteiger partial charge in [-0.2, -0.15) is 16.9 Å². The molecule has 3 aromatic rings. The lowest BCUT2D eigenvalue weighted by atomic mass is 10.1. The molecule has 0 radical (unpaired) electrons. The van der Waals surface area contributed by atoms with E-state index >= 15 is 0 Å². The number of carbonyl (C=O) groups is 1. The SMILES string of the molecule is COc1cccc(-c2cc(C(=O)N3CCSC(c4cc(F)ccc4F)CC3)[nH]n2)c1. The molecule has 0 bridgehead atoms. The van der Waals surface area contributed by atoms with Crippen molar-refractivity contribution < 1.29 is 18.3 Å². The number of aromatic amines is 1. The third kappa shape index (κ3) is 4.33. The van der Waals surface area contributed by atoms with E-state index in [-0.39, 0.29) is 11.2 Å². The topological polar surface area (TPSA) is 58.2 Å². The Labute approximate surface area is 177 Å². The van der Waals surface area contributed by atoms with Gasteiger partial charge in [0.25, 0.3) is 5.91 Å². The van der Waals surface area contributed by atoms with Crippen molar-refractivity contribution >= 4 is 17.7 Å². The number of ether oxygens (including phenoxy) is 1. The van der Waals surface area contributed by atoms with Crippen molar-refractivity contribution in [2.45, 2.75) is 11.7 Å². The van der Waals surface area contributed by atoms with Gasteiger partial charge in [-0.25, -0.2) is 8.78 Å². The first-order valence-corrected chi connectivity index (χ1v) is 10.7. The zero-order valence-corrected chi connectivity index (χ0v) is 17.2. The molecule has 1 atom stereocenters. The minimum atomic E-state index is -0.452. The number of amides is 1. The molecule has 1 amide bonds. The largest absolute Gasteiger partial charge is 0.497 e. The highest BCUT2D eigenvalue weighted by molar-refractivity contribution is 7.99. The van der Waals surface area contributed by atoms with Gasteiger partial charge in [0.1, 0.15) is 23.1 Å². The number of nitrogens with zero attached hydrogens (tertiary/aromatic N) is 2. The molecule has 30 heavy (non-hydrogen) atoms. The van der Waals surface area contributed by atoms with Crippen LogP contribution in [0.2, 0.25) is 0 Å². The van der Waals surface area contributed by atoms with E-state index in [1.807, 2.05) is 24.3 Å². The number of H-pyrrole nitrogens is 1. The molecular formula is C22H21F2N3O2S. The van der Waals surface area contributed by atoms with Gasteiger partial charge in [-0.15, -0.1) is 0 Å². The van der Waals surface area contributed by atoms with Crippen molar-refractivity contribution in [1.82, 2.24) is 15.1 Å². The summed E-state index contributed by atoms with van der Waals surface area (Å²) in [5.74, 6) is 0.335. The molecule has 1 aromatic heterocycles. The summed E-state index contributed by atoms with van der Waals surface area (Å²) in [5.41, 5.74) is 2.25. The number of rotatable bonds is 4. The van der Waals surface area contributed by atoms with Crippen LogP contribution in [0.15, 0.2) is 48.5 Å². The van der Waals surface area contributed by atoms with Crippen LogP contribution in [0.3, 0.4) is 0 Å². The number of methoxy groups -OCH3 is 1. The van der Waals surface area contributed by atoms with Gasteiger partial charge in [0.05, 0.1) is 12.8 Å². The third-order valence-corrected chi connectivity index (χ3v) is 6.42. The van der Waals surface area contributed by atoms with Gasteiger partial charge in [-0.1, -0.05) is 12.1 Å². The molecule has 4 rings (SSSR count). The summed E-state index contributed by atoms with van der Waals surface area (Å²) in [7, 11) is 1.60. The molecular weight excluding hydrogens is 408 g/mol. The lowest BCUT2D eigenvalue weighted by Crippen LogP contribution is -2.33. The number of halogens is 2. The third-order valence-electron chi connectivity index (χ3n) is 5.11. The van der Waals surface area contributed by atoms with E-state index in [0.29, 0.717) is 48.0 Å². The van der Waals surface area contributed by atoms with Crippen LogP contribution in [0.4, 0.5) is 8.78 Å². The first-order valence-electron chi connectivity index (χ1n) is 9.61.